The van der Waals surface area contributed by atoms with E-state index in [-0.39, 0.29) is 11.8 Å². The van der Waals surface area contributed by atoms with Crippen molar-refractivity contribution >= 4 is 17.3 Å². The van der Waals surface area contributed by atoms with Gasteiger partial charge in [-0.2, -0.15) is 0 Å². The highest BCUT2D eigenvalue weighted by Crippen LogP contribution is 2.37. The van der Waals surface area contributed by atoms with Crippen molar-refractivity contribution in [3.05, 3.63) is 54.1 Å². The van der Waals surface area contributed by atoms with Crippen molar-refractivity contribution in [3.8, 4) is 5.75 Å². The summed E-state index contributed by atoms with van der Waals surface area (Å²) in [6, 6.07) is 15.8. The normalized spacial score (nSPS) is 19.2. The zero-order valence-electron chi connectivity index (χ0n) is 11.6. The third-order valence-corrected chi connectivity index (χ3v) is 4.13. The first-order chi connectivity index (χ1) is 10.3. The molecular weight excluding hydrogens is 264 g/mol. The van der Waals surface area contributed by atoms with Gasteiger partial charge in [-0.15, -0.1) is 0 Å². The van der Waals surface area contributed by atoms with E-state index in [1.807, 2.05) is 53.4 Å². The Balaban J connectivity index is 1.68. The zero-order valence-corrected chi connectivity index (χ0v) is 11.6. The third-order valence-electron chi connectivity index (χ3n) is 4.13. The molecule has 2 aliphatic rings. The second kappa shape index (κ2) is 4.81. The molecule has 0 aliphatic carbocycles. The fourth-order valence-corrected chi connectivity index (χ4v) is 3.09. The number of hydrogen-bond acceptors (Lipinski definition) is 3. The average Bonchev–Trinajstić information content (AvgIpc) is 2.98. The van der Waals surface area contributed by atoms with Crippen LogP contribution in [0.3, 0.4) is 0 Å². The lowest BCUT2D eigenvalue weighted by atomic mass is 9.99. The highest BCUT2D eigenvalue weighted by Gasteiger charge is 2.34. The molecule has 1 atom stereocenters. The van der Waals surface area contributed by atoms with E-state index in [9.17, 15) is 4.79 Å². The molecule has 0 saturated carbocycles. The first kappa shape index (κ1) is 12.3. The van der Waals surface area contributed by atoms with Gasteiger partial charge >= 0.3 is 0 Å². The van der Waals surface area contributed by atoms with Crippen LogP contribution in [0.1, 0.15) is 11.5 Å². The topological polar surface area (TPSA) is 41.6 Å². The van der Waals surface area contributed by atoms with E-state index >= 15 is 0 Å². The molecule has 21 heavy (non-hydrogen) atoms. The number of para-hydroxylation sites is 3. The van der Waals surface area contributed by atoms with Gasteiger partial charge in [-0.1, -0.05) is 30.3 Å². The average molecular weight is 280 g/mol. The first-order valence-electron chi connectivity index (χ1n) is 7.20. The van der Waals surface area contributed by atoms with E-state index in [1.54, 1.807) is 0 Å². The third kappa shape index (κ3) is 1.95. The maximum atomic E-state index is 13.0. The Morgan fingerprint density at radius 2 is 1.95 bits per heavy atom. The minimum atomic E-state index is -0.118. The van der Waals surface area contributed by atoms with Crippen LogP contribution in [0.15, 0.2) is 48.5 Å². The van der Waals surface area contributed by atoms with Crippen LogP contribution in [-0.2, 0) is 4.79 Å². The number of nitrogens with zero attached hydrogens (tertiary/aromatic N) is 1. The largest absolute Gasteiger partial charge is 0.490 e. The monoisotopic (exact) mass is 280 g/mol. The summed E-state index contributed by atoms with van der Waals surface area (Å²) >= 11 is 0. The highest BCUT2D eigenvalue weighted by atomic mass is 16.5. The Morgan fingerprint density at radius 3 is 2.90 bits per heavy atom. The van der Waals surface area contributed by atoms with Crippen LogP contribution in [-0.4, -0.2) is 25.6 Å². The van der Waals surface area contributed by atoms with Gasteiger partial charge in [0.1, 0.15) is 12.4 Å². The summed E-state index contributed by atoms with van der Waals surface area (Å²) in [6.45, 7) is 1.82. The van der Waals surface area contributed by atoms with Crippen LogP contribution in [0.5, 0.6) is 5.75 Å². The van der Waals surface area contributed by atoms with Gasteiger partial charge in [-0.25, -0.2) is 0 Å². The van der Waals surface area contributed by atoms with Crippen LogP contribution >= 0.6 is 0 Å². The number of rotatable bonds is 1. The van der Waals surface area contributed by atoms with Gasteiger partial charge in [0.2, 0.25) is 5.91 Å². The summed E-state index contributed by atoms with van der Waals surface area (Å²) in [4.78, 5) is 14.8. The lowest BCUT2D eigenvalue weighted by molar-refractivity contribution is -0.119. The number of anilines is 2. The number of ether oxygens (including phenoxy) is 1. The van der Waals surface area contributed by atoms with Crippen LogP contribution < -0.4 is 15.0 Å². The molecule has 2 heterocycles. The lowest BCUT2D eigenvalue weighted by Crippen LogP contribution is -2.41. The van der Waals surface area contributed by atoms with Gasteiger partial charge in [-0.3, -0.25) is 4.79 Å². The summed E-state index contributed by atoms with van der Waals surface area (Å²) in [5, 5.41) is 3.32. The Bertz CT molecular complexity index is 699. The molecule has 0 saturated heterocycles. The summed E-state index contributed by atoms with van der Waals surface area (Å²) in [5.74, 6) is 0.812. The minimum Gasteiger partial charge on any atom is -0.490 e. The Kier molecular flexibility index (Phi) is 2.81. The maximum Gasteiger partial charge on any atom is 0.236 e. The van der Waals surface area contributed by atoms with Crippen molar-refractivity contribution in [2.24, 2.45) is 0 Å². The van der Waals surface area contributed by atoms with Crippen molar-refractivity contribution in [2.75, 3.05) is 29.9 Å². The first-order valence-corrected chi connectivity index (χ1v) is 7.20. The highest BCUT2D eigenvalue weighted by molar-refractivity contribution is 6.01. The van der Waals surface area contributed by atoms with E-state index in [0.717, 1.165) is 22.7 Å². The molecule has 2 aromatic carbocycles. The summed E-state index contributed by atoms with van der Waals surface area (Å²) in [5.41, 5.74) is 3.03. The Morgan fingerprint density at radius 1 is 1.14 bits per heavy atom. The fourth-order valence-electron chi connectivity index (χ4n) is 3.09. The van der Waals surface area contributed by atoms with Crippen molar-refractivity contribution < 1.29 is 9.53 Å². The van der Waals surface area contributed by atoms with E-state index in [0.29, 0.717) is 19.7 Å². The predicted molar refractivity (Wildman–Crippen MR) is 82.0 cm³/mol. The molecule has 1 amide bonds. The molecule has 0 fully saturated rings. The summed E-state index contributed by atoms with van der Waals surface area (Å²) in [6.07, 6.45) is 0. The number of amides is 1. The number of carbonyl (C=O) groups is 1. The van der Waals surface area contributed by atoms with E-state index < -0.39 is 0 Å². The molecule has 4 heteroatoms. The predicted octanol–water partition coefficient (Wildman–Crippen LogP) is 2.62. The fraction of sp³-hybridized carbons (Fsp3) is 0.235. The summed E-state index contributed by atoms with van der Waals surface area (Å²) in [7, 11) is 0. The standard InChI is InChI=1S/C17H16N2O2/c20-17(13-11-18-14-6-2-1-5-12(13)14)19-9-10-21-16-8-4-3-7-15(16)19/h1-8,13,18H,9-11H2. The summed E-state index contributed by atoms with van der Waals surface area (Å²) < 4.78 is 5.63. The number of carbonyl (C=O) groups excluding carboxylic acids is 1. The molecule has 0 radical (unpaired) electrons. The molecule has 2 aromatic rings. The van der Waals surface area contributed by atoms with Crippen LogP contribution in [0, 0.1) is 0 Å². The molecule has 4 rings (SSSR count). The van der Waals surface area contributed by atoms with Gasteiger partial charge in [0.25, 0.3) is 0 Å². The van der Waals surface area contributed by atoms with Gasteiger partial charge in [0.05, 0.1) is 18.2 Å². The van der Waals surface area contributed by atoms with Crippen LogP contribution in [0.4, 0.5) is 11.4 Å². The molecule has 1 unspecified atom stereocenters. The molecule has 2 aliphatic heterocycles. The lowest BCUT2D eigenvalue weighted by Gasteiger charge is -2.31. The van der Waals surface area contributed by atoms with Gasteiger partial charge < -0.3 is 15.0 Å². The number of hydrogen-bond donors (Lipinski definition) is 1. The van der Waals surface area contributed by atoms with Gasteiger partial charge in [0.15, 0.2) is 0 Å². The Hall–Kier alpha value is -2.49. The Labute approximate surface area is 123 Å². The molecule has 106 valence electrons. The van der Waals surface area contributed by atoms with E-state index in [1.165, 1.54) is 0 Å². The van der Waals surface area contributed by atoms with Crippen molar-refractivity contribution in [1.29, 1.82) is 0 Å². The van der Waals surface area contributed by atoms with Gasteiger partial charge in [0, 0.05) is 12.2 Å². The molecular formula is C17H16N2O2. The minimum absolute atomic E-state index is 0.118. The SMILES string of the molecule is O=C(C1CNc2ccccc21)N1CCOc2ccccc21. The second-order valence-electron chi connectivity index (χ2n) is 5.33. The van der Waals surface area contributed by atoms with E-state index in [2.05, 4.69) is 5.32 Å². The maximum absolute atomic E-state index is 13.0. The number of nitrogens with one attached hydrogen (secondary N) is 1. The van der Waals surface area contributed by atoms with Crippen LogP contribution in [0.2, 0.25) is 0 Å². The molecule has 0 aromatic heterocycles. The van der Waals surface area contributed by atoms with Gasteiger partial charge in [-0.05, 0) is 23.8 Å². The second-order valence-corrected chi connectivity index (χ2v) is 5.33. The smallest absolute Gasteiger partial charge is 0.236 e. The van der Waals surface area contributed by atoms with Crippen molar-refractivity contribution in [1.82, 2.24) is 0 Å². The van der Waals surface area contributed by atoms with Crippen molar-refractivity contribution in [2.45, 2.75) is 5.92 Å². The van der Waals surface area contributed by atoms with E-state index in [4.69, 9.17) is 4.74 Å². The quantitative estimate of drug-likeness (QED) is 0.873. The van der Waals surface area contributed by atoms with Crippen molar-refractivity contribution in [3.63, 3.8) is 0 Å². The number of fused-ring (bicyclic) bond motifs is 2. The molecule has 0 spiro atoms. The number of benzene rings is 2. The molecule has 0 bridgehead atoms. The van der Waals surface area contributed by atoms with Crippen LogP contribution in [0.25, 0.3) is 0 Å². The zero-order chi connectivity index (χ0) is 14.2. The molecule has 4 nitrogen and oxygen atoms in total. The molecule has 1 N–H and O–H groups in total.